The number of hydrogen-bond donors (Lipinski definition) is 0. The van der Waals surface area contributed by atoms with E-state index in [1.54, 1.807) is 36.4 Å². The first-order valence-electron chi connectivity index (χ1n) is 9.79. The molecule has 3 rings (SSSR count). The molecule has 0 N–H and O–H groups in total. The van der Waals surface area contributed by atoms with Gasteiger partial charge in [0.05, 0.1) is 18.2 Å². The highest BCUT2D eigenvalue weighted by Crippen LogP contribution is 2.18. The Morgan fingerprint density at radius 2 is 1.59 bits per heavy atom. The van der Waals surface area contributed by atoms with Crippen LogP contribution in [0.15, 0.2) is 83.9 Å². The van der Waals surface area contributed by atoms with Crippen molar-refractivity contribution in [3.8, 4) is 11.5 Å². The largest absolute Gasteiger partial charge is 0.494 e. The van der Waals surface area contributed by atoms with Crippen LogP contribution in [0, 0.1) is 0 Å². The van der Waals surface area contributed by atoms with E-state index < -0.39 is 5.97 Å². The van der Waals surface area contributed by atoms with E-state index in [1.807, 2.05) is 43.5 Å². The fourth-order valence-corrected chi connectivity index (χ4v) is 2.71. The number of carbonyl (C=O) groups excluding carboxylic acids is 1. The van der Waals surface area contributed by atoms with Crippen molar-refractivity contribution in [3.05, 3.63) is 95.6 Å². The number of nitrogens with zero attached hydrogens (tertiary/aromatic N) is 1. The molecule has 0 aromatic heterocycles. The van der Waals surface area contributed by atoms with Gasteiger partial charge in [0, 0.05) is 6.21 Å². The van der Waals surface area contributed by atoms with Crippen LogP contribution in [0.2, 0.25) is 0 Å². The monoisotopic (exact) mass is 387 g/mol. The van der Waals surface area contributed by atoms with Crippen molar-refractivity contribution in [2.45, 2.75) is 26.3 Å². The van der Waals surface area contributed by atoms with Crippen LogP contribution in [0.25, 0.3) is 0 Å². The van der Waals surface area contributed by atoms with Crippen molar-refractivity contribution in [2.24, 2.45) is 4.99 Å². The zero-order chi connectivity index (χ0) is 20.5. The third-order valence-electron chi connectivity index (χ3n) is 4.38. The van der Waals surface area contributed by atoms with Crippen LogP contribution in [0.5, 0.6) is 11.5 Å². The van der Waals surface area contributed by atoms with Gasteiger partial charge in [-0.05, 0) is 73.0 Å². The van der Waals surface area contributed by atoms with Crippen LogP contribution in [0.3, 0.4) is 0 Å². The normalized spacial score (nSPS) is 11.9. The van der Waals surface area contributed by atoms with Gasteiger partial charge in [0.15, 0.2) is 0 Å². The molecule has 0 aliphatic heterocycles. The average Bonchev–Trinajstić information content (AvgIpc) is 2.78. The Hall–Kier alpha value is -3.40. The molecule has 29 heavy (non-hydrogen) atoms. The van der Waals surface area contributed by atoms with E-state index in [1.165, 1.54) is 5.56 Å². The summed E-state index contributed by atoms with van der Waals surface area (Å²) in [6.45, 7) is 4.76. The average molecular weight is 387 g/mol. The summed E-state index contributed by atoms with van der Waals surface area (Å²) in [5, 5.41) is 0. The molecule has 0 spiro atoms. The molecule has 4 nitrogen and oxygen atoms in total. The van der Waals surface area contributed by atoms with Gasteiger partial charge >= 0.3 is 5.97 Å². The molecular formula is C25H25NO3. The summed E-state index contributed by atoms with van der Waals surface area (Å²) in [6.07, 6.45) is 2.77. The van der Waals surface area contributed by atoms with Crippen molar-refractivity contribution in [1.29, 1.82) is 0 Å². The molecule has 4 heteroatoms. The Morgan fingerprint density at radius 3 is 2.24 bits per heavy atom. The Morgan fingerprint density at radius 1 is 0.931 bits per heavy atom. The molecular weight excluding hydrogens is 362 g/mol. The summed E-state index contributed by atoms with van der Waals surface area (Å²) in [4.78, 5) is 16.9. The molecule has 1 unspecified atom stereocenters. The summed E-state index contributed by atoms with van der Waals surface area (Å²) < 4.78 is 11.0. The summed E-state index contributed by atoms with van der Waals surface area (Å²) in [5.41, 5.74) is 2.60. The fraction of sp³-hybridized carbons (Fsp3) is 0.200. The van der Waals surface area contributed by atoms with Crippen LogP contribution in [0.4, 0.5) is 0 Å². The lowest BCUT2D eigenvalue weighted by Crippen LogP contribution is -2.08. The molecule has 0 aliphatic rings. The van der Waals surface area contributed by atoms with Crippen LogP contribution < -0.4 is 9.47 Å². The van der Waals surface area contributed by atoms with Crippen molar-refractivity contribution < 1.29 is 14.3 Å². The van der Waals surface area contributed by atoms with Gasteiger partial charge in [-0.25, -0.2) is 4.79 Å². The maximum Gasteiger partial charge on any atom is 0.343 e. The third-order valence-corrected chi connectivity index (χ3v) is 4.38. The van der Waals surface area contributed by atoms with E-state index in [-0.39, 0.29) is 6.04 Å². The van der Waals surface area contributed by atoms with Gasteiger partial charge < -0.3 is 9.47 Å². The topological polar surface area (TPSA) is 47.9 Å². The van der Waals surface area contributed by atoms with Gasteiger partial charge in [-0.3, -0.25) is 4.99 Å². The predicted molar refractivity (Wildman–Crippen MR) is 116 cm³/mol. The summed E-state index contributed by atoms with van der Waals surface area (Å²) in [7, 11) is 0. The van der Waals surface area contributed by atoms with Gasteiger partial charge in [0.1, 0.15) is 11.5 Å². The molecule has 1 atom stereocenters. The number of ether oxygens (including phenoxy) is 2. The second-order valence-electron chi connectivity index (χ2n) is 6.70. The molecule has 3 aromatic rings. The molecule has 0 saturated carbocycles. The number of carbonyl (C=O) groups is 1. The zero-order valence-corrected chi connectivity index (χ0v) is 16.7. The molecule has 3 aromatic carbocycles. The predicted octanol–water partition coefficient (Wildman–Crippen LogP) is 5.87. The Balaban J connectivity index is 1.57. The lowest BCUT2D eigenvalue weighted by atomic mass is 10.1. The van der Waals surface area contributed by atoms with E-state index in [0.29, 0.717) is 17.9 Å². The first kappa shape index (κ1) is 20.3. The van der Waals surface area contributed by atoms with Crippen LogP contribution >= 0.6 is 0 Å². The van der Waals surface area contributed by atoms with E-state index in [4.69, 9.17) is 9.47 Å². The summed E-state index contributed by atoms with van der Waals surface area (Å²) in [5.74, 6) is 0.845. The Bertz CT molecular complexity index is 932. The smallest absolute Gasteiger partial charge is 0.343 e. The maximum atomic E-state index is 12.3. The highest BCUT2D eigenvalue weighted by atomic mass is 16.5. The first-order valence-corrected chi connectivity index (χ1v) is 9.79. The number of esters is 1. The van der Waals surface area contributed by atoms with Crippen LogP contribution in [-0.4, -0.2) is 18.8 Å². The van der Waals surface area contributed by atoms with E-state index in [9.17, 15) is 4.79 Å². The minimum absolute atomic E-state index is 0.0815. The molecule has 0 bridgehead atoms. The van der Waals surface area contributed by atoms with Gasteiger partial charge in [0.2, 0.25) is 0 Å². The second-order valence-corrected chi connectivity index (χ2v) is 6.70. The highest BCUT2D eigenvalue weighted by Gasteiger charge is 2.09. The van der Waals surface area contributed by atoms with E-state index >= 15 is 0 Å². The minimum atomic E-state index is -0.397. The maximum absolute atomic E-state index is 12.3. The zero-order valence-electron chi connectivity index (χ0n) is 16.7. The molecule has 0 fully saturated rings. The molecule has 0 radical (unpaired) electrons. The number of hydrogen-bond acceptors (Lipinski definition) is 4. The van der Waals surface area contributed by atoms with Crippen LogP contribution in [0.1, 0.15) is 47.8 Å². The van der Waals surface area contributed by atoms with Gasteiger partial charge in [0.25, 0.3) is 0 Å². The fourth-order valence-electron chi connectivity index (χ4n) is 2.71. The van der Waals surface area contributed by atoms with Gasteiger partial charge in [-0.2, -0.15) is 0 Å². The SMILES string of the molecule is CCCOc1ccc(C(=O)Oc2ccc(C=NC(C)c3ccccc3)cc2)cc1. The first-order chi connectivity index (χ1) is 14.2. The van der Waals surface area contributed by atoms with Crippen LogP contribution in [-0.2, 0) is 0 Å². The molecule has 0 aliphatic carbocycles. The molecule has 0 amide bonds. The second kappa shape index (κ2) is 10.2. The molecule has 0 heterocycles. The summed E-state index contributed by atoms with van der Waals surface area (Å²) >= 11 is 0. The number of rotatable bonds is 8. The Kier molecular flexibility index (Phi) is 7.17. The standard InChI is InChI=1S/C25H25NO3/c1-3-17-28-23-15-11-22(12-16-23)25(27)29-24-13-9-20(10-14-24)18-26-19(2)21-7-5-4-6-8-21/h4-16,18-19H,3,17H2,1-2H3. The van der Waals surface area contributed by atoms with Crippen molar-refractivity contribution in [2.75, 3.05) is 6.61 Å². The third kappa shape index (κ3) is 6.04. The Labute approximate surface area is 171 Å². The number of benzene rings is 3. The highest BCUT2D eigenvalue weighted by molar-refractivity contribution is 5.91. The molecule has 0 saturated heterocycles. The van der Waals surface area contributed by atoms with E-state index in [2.05, 4.69) is 24.0 Å². The minimum Gasteiger partial charge on any atom is -0.494 e. The number of aliphatic imine (C=N–C) groups is 1. The van der Waals surface area contributed by atoms with Crippen molar-refractivity contribution in [3.63, 3.8) is 0 Å². The molecule has 148 valence electrons. The quantitative estimate of drug-likeness (QED) is 0.276. The lowest BCUT2D eigenvalue weighted by Gasteiger charge is -2.07. The van der Waals surface area contributed by atoms with Crippen molar-refractivity contribution >= 4 is 12.2 Å². The van der Waals surface area contributed by atoms with E-state index in [0.717, 1.165) is 17.7 Å². The summed E-state index contributed by atoms with van der Waals surface area (Å²) in [6, 6.07) is 24.5. The van der Waals surface area contributed by atoms with Gasteiger partial charge in [-0.15, -0.1) is 0 Å². The van der Waals surface area contributed by atoms with Crippen molar-refractivity contribution in [1.82, 2.24) is 0 Å². The van der Waals surface area contributed by atoms with Gasteiger partial charge in [-0.1, -0.05) is 37.3 Å². The lowest BCUT2D eigenvalue weighted by molar-refractivity contribution is 0.0734.